The molecule has 0 radical (unpaired) electrons. The highest BCUT2D eigenvalue weighted by atomic mass is 16.5. The fourth-order valence-corrected chi connectivity index (χ4v) is 5.32. The van der Waals surface area contributed by atoms with Crippen molar-refractivity contribution in [2.45, 2.75) is 51.2 Å². The lowest BCUT2D eigenvalue weighted by atomic mass is 9.77. The van der Waals surface area contributed by atoms with Gasteiger partial charge in [-0.3, -0.25) is 9.59 Å². The average molecular weight is 501 g/mol. The normalized spacial score (nSPS) is 18.8. The number of amides is 1. The highest BCUT2D eigenvalue weighted by Gasteiger charge is 2.24. The number of carboxylic acids is 1. The first-order valence-electron chi connectivity index (χ1n) is 12.7. The number of nitrogens with zero attached hydrogens (tertiary/aromatic N) is 3. The quantitative estimate of drug-likeness (QED) is 0.451. The summed E-state index contributed by atoms with van der Waals surface area (Å²) in [4.78, 5) is 30.4. The molecule has 3 aromatic rings. The van der Waals surface area contributed by atoms with Crippen LogP contribution in [0.1, 0.15) is 65.5 Å². The maximum absolute atomic E-state index is 12.8. The maximum Gasteiger partial charge on any atom is 0.303 e. The number of methoxy groups -OCH3 is 1. The summed E-state index contributed by atoms with van der Waals surface area (Å²) in [5.74, 6) is 1.37. The van der Waals surface area contributed by atoms with Gasteiger partial charge in [0.25, 0.3) is 5.91 Å². The zero-order chi connectivity index (χ0) is 25.8. The second kappa shape index (κ2) is 10.9. The summed E-state index contributed by atoms with van der Waals surface area (Å²) in [6.45, 7) is 0.929. The number of hydrogen-bond donors (Lipinski definition) is 2. The monoisotopic (exact) mass is 500 g/mol. The standard InChI is InChI=1S/C29H32N4O4/c1-37-26-5-3-2-4-23(26)17-30-29(36)25-18-33-19-32(15-14-27(33)31-25)24-12-10-22(11-13-24)21-8-6-20(7-9-21)16-28(34)35/h2-5,10-15,18,20-21H,6-9,16-17,19H2,1H3,(H,30,36)(H,34,35). The van der Waals surface area contributed by atoms with Crippen molar-refractivity contribution in [1.82, 2.24) is 14.9 Å². The largest absolute Gasteiger partial charge is 0.496 e. The van der Waals surface area contributed by atoms with Gasteiger partial charge in [0.1, 0.15) is 23.9 Å². The van der Waals surface area contributed by atoms with E-state index in [0.29, 0.717) is 30.7 Å². The van der Waals surface area contributed by atoms with Gasteiger partial charge in [0.2, 0.25) is 0 Å². The van der Waals surface area contributed by atoms with E-state index in [2.05, 4.69) is 39.5 Å². The van der Waals surface area contributed by atoms with Crippen LogP contribution >= 0.6 is 0 Å². The minimum Gasteiger partial charge on any atom is -0.496 e. The van der Waals surface area contributed by atoms with Crippen molar-refractivity contribution in [3.8, 4) is 5.75 Å². The molecule has 8 heteroatoms. The second-order valence-corrected chi connectivity index (χ2v) is 9.78. The molecule has 1 saturated carbocycles. The lowest BCUT2D eigenvalue weighted by Gasteiger charge is -2.29. The maximum atomic E-state index is 12.8. The van der Waals surface area contributed by atoms with Crippen molar-refractivity contribution in [3.05, 3.63) is 83.6 Å². The molecule has 1 aliphatic carbocycles. The van der Waals surface area contributed by atoms with Gasteiger partial charge in [-0.05, 0) is 67.4 Å². The molecule has 8 nitrogen and oxygen atoms in total. The van der Waals surface area contributed by atoms with Gasteiger partial charge in [-0.15, -0.1) is 0 Å². The second-order valence-electron chi connectivity index (χ2n) is 9.78. The smallest absolute Gasteiger partial charge is 0.303 e. The fraction of sp³-hybridized carbons (Fsp3) is 0.345. The van der Waals surface area contributed by atoms with Crippen LogP contribution in [-0.2, 0) is 18.0 Å². The molecule has 0 saturated heterocycles. The molecule has 2 N–H and O–H groups in total. The Labute approximate surface area is 216 Å². The van der Waals surface area contributed by atoms with Crippen molar-refractivity contribution in [2.24, 2.45) is 5.92 Å². The van der Waals surface area contributed by atoms with Crippen molar-refractivity contribution >= 4 is 23.6 Å². The summed E-state index contributed by atoms with van der Waals surface area (Å²) < 4.78 is 7.32. The van der Waals surface area contributed by atoms with Gasteiger partial charge in [0.05, 0.1) is 7.11 Å². The van der Waals surface area contributed by atoms with Crippen LogP contribution in [0.4, 0.5) is 5.69 Å². The molecule has 0 bridgehead atoms. The van der Waals surface area contributed by atoms with Gasteiger partial charge in [-0.25, -0.2) is 4.98 Å². The Kier molecular flexibility index (Phi) is 7.25. The summed E-state index contributed by atoms with van der Waals surface area (Å²) in [7, 11) is 1.62. The number of aromatic nitrogens is 2. The van der Waals surface area contributed by atoms with E-state index in [9.17, 15) is 9.59 Å². The number of carboxylic acid groups (broad SMARTS) is 1. The first-order valence-corrected chi connectivity index (χ1v) is 12.7. The Bertz CT molecular complexity index is 1290. The van der Waals surface area contributed by atoms with Crippen LogP contribution in [0.2, 0.25) is 0 Å². The first kappa shape index (κ1) is 24.6. The molecule has 5 rings (SSSR count). The van der Waals surface area contributed by atoms with E-state index in [1.54, 1.807) is 13.3 Å². The van der Waals surface area contributed by atoms with Gasteiger partial charge in [-0.1, -0.05) is 30.3 Å². The Morgan fingerprint density at radius 3 is 2.57 bits per heavy atom. The molecule has 1 amide bonds. The Morgan fingerprint density at radius 2 is 1.84 bits per heavy atom. The number of hydrogen-bond acceptors (Lipinski definition) is 5. The number of fused-ring (bicyclic) bond motifs is 1. The zero-order valence-electron chi connectivity index (χ0n) is 21.0. The molecule has 2 aliphatic rings. The molecule has 37 heavy (non-hydrogen) atoms. The first-order chi connectivity index (χ1) is 18.0. The van der Waals surface area contributed by atoms with Crippen LogP contribution < -0.4 is 15.0 Å². The van der Waals surface area contributed by atoms with E-state index >= 15 is 0 Å². The number of imidazole rings is 1. The number of carbonyl (C=O) groups excluding carboxylic acids is 1. The summed E-state index contributed by atoms with van der Waals surface area (Å²) in [6, 6.07) is 16.2. The molecule has 2 heterocycles. The molecular formula is C29H32N4O4. The van der Waals surface area contributed by atoms with Crippen LogP contribution in [-0.4, -0.2) is 33.6 Å². The number of para-hydroxylation sites is 1. The van der Waals surface area contributed by atoms with Gasteiger partial charge in [0, 0.05) is 36.6 Å². The third-order valence-electron chi connectivity index (χ3n) is 7.39. The molecule has 192 valence electrons. The van der Waals surface area contributed by atoms with E-state index in [-0.39, 0.29) is 12.3 Å². The third kappa shape index (κ3) is 5.69. The highest BCUT2D eigenvalue weighted by molar-refractivity contribution is 5.92. The van der Waals surface area contributed by atoms with E-state index < -0.39 is 5.97 Å². The minimum atomic E-state index is -0.691. The van der Waals surface area contributed by atoms with Crippen LogP contribution in [0.3, 0.4) is 0 Å². The molecule has 1 aliphatic heterocycles. The van der Waals surface area contributed by atoms with Crippen molar-refractivity contribution in [1.29, 1.82) is 0 Å². The zero-order valence-corrected chi connectivity index (χ0v) is 21.0. The third-order valence-corrected chi connectivity index (χ3v) is 7.39. The van der Waals surface area contributed by atoms with Gasteiger partial charge < -0.3 is 24.6 Å². The van der Waals surface area contributed by atoms with E-state index in [4.69, 9.17) is 9.84 Å². The van der Waals surface area contributed by atoms with Gasteiger partial charge >= 0.3 is 5.97 Å². The molecule has 1 aromatic heterocycles. The number of ether oxygens (including phenoxy) is 1. The number of nitrogens with one attached hydrogen (secondary N) is 1. The molecule has 1 fully saturated rings. The van der Waals surface area contributed by atoms with Crippen molar-refractivity contribution < 1.29 is 19.4 Å². The topological polar surface area (TPSA) is 96.7 Å². The summed E-state index contributed by atoms with van der Waals surface area (Å²) >= 11 is 0. The predicted molar refractivity (Wildman–Crippen MR) is 141 cm³/mol. The lowest BCUT2D eigenvalue weighted by molar-refractivity contribution is -0.138. The van der Waals surface area contributed by atoms with Crippen LogP contribution in [0.15, 0.2) is 60.9 Å². The fourth-order valence-electron chi connectivity index (χ4n) is 5.32. The Hall–Kier alpha value is -4.07. The number of anilines is 1. The average Bonchev–Trinajstić information content (AvgIpc) is 3.36. The van der Waals surface area contributed by atoms with E-state index in [1.165, 1.54) is 5.56 Å². The number of carbonyl (C=O) groups is 2. The molecular weight excluding hydrogens is 468 g/mol. The summed E-state index contributed by atoms with van der Waals surface area (Å²) in [5.41, 5.74) is 3.67. The number of rotatable bonds is 8. The van der Waals surface area contributed by atoms with E-state index in [0.717, 1.165) is 48.5 Å². The minimum absolute atomic E-state index is 0.227. The van der Waals surface area contributed by atoms with Crippen LogP contribution in [0.5, 0.6) is 5.75 Å². The molecule has 0 spiro atoms. The van der Waals surface area contributed by atoms with Crippen molar-refractivity contribution in [3.63, 3.8) is 0 Å². The molecule has 2 aromatic carbocycles. The number of benzene rings is 2. The highest BCUT2D eigenvalue weighted by Crippen LogP contribution is 2.37. The number of aliphatic carboxylic acids is 1. The predicted octanol–water partition coefficient (Wildman–Crippen LogP) is 5.02. The van der Waals surface area contributed by atoms with Crippen molar-refractivity contribution in [2.75, 3.05) is 12.0 Å². The van der Waals surface area contributed by atoms with Gasteiger partial charge in [-0.2, -0.15) is 0 Å². The van der Waals surface area contributed by atoms with Crippen LogP contribution in [0, 0.1) is 5.92 Å². The summed E-state index contributed by atoms with van der Waals surface area (Å²) in [5, 5.41) is 12.0. The van der Waals surface area contributed by atoms with Crippen LogP contribution in [0.25, 0.3) is 6.08 Å². The molecule has 0 unspecified atom stereocenters. The summed E-state index contributed by atoms with van der Waals surface area (Å²) in [6.07, 6.45) is 10.0. The SMILES string of the molecule is COc1ccccc1CNC(=O)c1cn2c(n1)C=CN(c1ccc(C3CCC(CC(=O)O)CC3)cc1)C2. The Balaban J connectivity index is 1.18. The van der Waals surface area contributed by atoms with E-state index in [1.807, 2.05) is 41.1 Å². The van der Waals surface area contributed by atoms with Gasteiger partial charge in [0.15, 0.2) is 0 Å². The Morgan fingerprint density at radius 1 is 1.08 bits per heavy atom. The molecule has 0 atom stereocenters. The lowest BCUT2D eigenvalue weighted by Crippen LogP contribution is -2.24.